The lowest BCUT2D eigenvalue weighted by atomic mass is 9.95. The Labute approximate surface area is 228 Å². The van der Waals surface area contributed by atoms with Crippen LogP contribution in [0, 0.1) is 0 Å². The molecule has 6 rings (SSSR count). The van der Waals surface area contributed by atoms with Gasteiger partial charge in [0.25, 0.3) is 0 Å². The first kappa shape index (κ1) is 25.8. The molecule has 206 valence electrons. The maximum Gasteiger partial charge on any atom is 0.404 e. The van der Waals surface area contributed by atoms with Crippen molar-refractivity contribution in [3.05, 3.63) is 35.7 Å². The van der Waals surface area contributed by atoms with Crippen molar-refractivity contribution in [2.45, 2.75) is 43.6 Å². The summed E-state index contributed by atoms with van der Waals surface area (Å²) >= 11 is 6.77. The molecule has 5 heterocycles. The van der Waals surface area contributed by atoms with Crippen LogP contribution in [-0.4, -0.2) is 86.0 Å². The quantitative estimate of drug-likeness (QED) is 0.370. The summed E-state index contributed by atoms with van der Waals surface area (Å²) in [5.41, 5.74) is 2.14. The number of amides is 1. The summed E-state index contributed by atoms with van der Waals surface area (Å²) in [7, 11) is 0.607. The summed E-state index contributed by atoms with van der Waals surface area (Å²) < 4.78 is 45.9. The number of anilines is 1. The molecule has 4 atom stereocenters. The van der Waals surface area contributed by atoms with Crippen molar-refractivity contribution in [3.63, 3.8) is 0 Å². The highest BCUT2D eigenvalue weighted by Gasteiger charge is 2.49. The molecule has 1 amide bonds. The number of aryl methyl sites for hydroxylation is 1. The van der Waals surface area contributed by atoms with Gasteiger partial charge in [0.2, 0.25) is 0 Å². The molecular formula is C24H26ClFN8O4S. The average molecular weight is 577 g/mol. The van der Waals surface area contributed by atoms with Gasteiger partial charge in [-0.3, -0.25) is 4.68 Å². The molecule has 2 bridgehead atoms. The van der Waals surface area contributed by atoms with Gasteiger partial charge in [0.1, 0.15) is 17.5 Å². The highest BCUT2D eigenvalue weighted by atomic mass is 35.5. The zero-order valence-electron chi connectivity index (χ0n) is 21.3. The smallest absolute Gasteiger partial charge is 0.404 e. The molecule has 2 N–H and O–H groups in total. The molecule has 0 unspecified atom stereocenters. The fraction of sp³-hybridized carbons (Fsp3) is 0.417. The monoisotopic (exact) mass is 576 g/mol. The van der Waals surface area contributed by atoms with Crippen LogP contribution in [0.4, 0.5) is 15.0 Å². The third-order valence-electron chi connectivity index (χ3n) is 7.59. The Hall–Kier alpha value is -3.49. The zero-order chi connectivity index (χ0) is 27.8. The van der Waals surface area contributed by atoms with Gasteiger partial charge >= 0.3 is 16.3 Å². The number of hydrogen-bond donors (Lipinski definition) is 2. The predicted octanol–water partition coefficient (Wildman–Crippen LogP) is 3.01. The van der Waals surface area contributed by atoms with Crippen LogP contribution in [0.3, 0.4) is 0 Å². The standard InChI is InChI=1S/C24H26ClFN8O4S/c1-31(2)39(37,38)33-11-14(13-5-6-16-15(20(13)25)10-32(3)30-16)22-23(33)29-19(9-27-22)34-12-4-7-18(34)21(26)17(8-12)28-24(35)36/h5-6,9-12,17-18,21,28H,4,7-8H2,1-3H3,(H,35,36)/t12-,17-,18+,21-/m1/s1. The van der Waals surface area contributed by atoms with Crippen molar-refractivity contribution in [2.75, 3.05) is 19.0 Å². The van der Waals surface area contributed by atoms with E-state index in [0.29, 0.717) is 51.2 Å². The Morgan fingerprint density at radius 1 is 1.23 bits per heavy atom. The Bertz CT molecular complexity index is 1740. The largest absolute Gasteiger partial charge is 0.465 e. The number of benzene rings is 1. The van der Waals surface area contributed by atoms with Crippen LogP contribution in [0.25, 0.3) is 33.2 Å². The molecule has 0 aliphatic carbocycles. The van der Waals surface area contributed by atoms with E-state index in [2.05, 4.69) is 15.4 Å². The Morgan fingerprint density at radius 3 is 2.72 bits per heavy atom. The molecule has 0 radical (unpaired) electrons. The van der Waals surface area contributed by atoms with Crippen LogP contribution in [0.15, 0.2) is 30.7 Å². The van der Waals surface area contributed by atoms with E-state index in [0.717, 1.165) is 8.28 Å². The van der Waals surface area contributed by atoms with E-state index >= 15 is 4.39 Å². The summed E-state index contributed by atoms with van der Waals surface area (Å²) in [5, 5.41) is 16.9. The number of fused-ring (bicyclic) bond motifs is 4. The highest BCUT2D eigenvalue weighted by molar-refractivity contribution is 7.87. The second kappa shape index (κ2) is 9.03. The number of aromatic nitrogens is 5. The number of piperidine rings is 1. The summed E-state index contributed by atoms with van der Waals surface area (Å²) in [6, 6.07) is 1.98. The van der Waals surface area contributed by atoms with E-state index in [4.69, 9.17) is 21.7 Å². The number of alkyl halides is 1. The van der Waals surface area contributed by atoms with Gasteiger partial charge < -0.3 is 15.3 Å². The summed E-state index contributed by atoms with van der Waals surface area (Å²) in [6.07, 6.45) is 3.48. The number of nitrogens with one attached hydrogen (secondary N) is 1. The van der Waals surface area contributed by atoms with Gasteiger partial charge in [-0.15, -0.1) is 0 Å². The third-order valence-corrected chi connectivity index (χ3v) is 9.69. The molecule has 2 fully saturated rings. The van der Waals surface area contributed by atoms with Crippen LogP contribution >= 0.6 is 11.6 Å². The SMILES string of the molecule is CN(C)S(=O)(=O)n1cc(-c2ccc3nn(C)cc3c2Cl)c2ncc(N3[C@@H]4CC[C@H]3[C@H](F)[C@H](NC(=O)O)C4)nc21. The lowest BCUT2D eigenvalue weighted by Crippen LogP contribution is -2.58. The first-order chi connectivity index (χ1) is 18.5. The van der Waals surface area contributed by atoms with Gasteiger partial charge in [-0.25, -0.2) is 23.1 Å². The molecule has 15 heteroatoms. The van der Waals surface area contributed by atoms with Gasteiger partial charge in [-0.05, 0) is 25.3 Å². The molecule has 39 heavy (non-hydrogen) atoms. The molecule has 4 aromatic rings. The lowest BCUT2D eigenvalue weighted by molar-refractivity contribution is 0.152. The van der Waals surface area contributed by atoms with Crippen LogP contribution in [0.2, 0.25) is 5.02 Å². The van der Waals surface area contributed by atoms with Crippen LogP contribution in [-0.2, 0) is 17.3 Å². The number of carbonyl (C=O) groups is 1. The third kappa shape index (κ3) is 4.00. The summed E-state index contributed by atoms with van der Waals surface area (Å²) in [6.45, 7) is 0. The number of hydrogen-bond acceptors (Lipinski definition) is 7. The minimum absolute atomic E-state index is 0.0825. The number of carboxylic acid groups (broad SMARTS) is 1. The van der Waals surface area contributed by atoms with Gasteiger partial charge in [-0.2, -0.15) is 17.8 Å². The maximum absolute atomic E-state index is 15.4. The van der Waals surface area contributed by atoms with Gasteiger partial charge in [0, 0.05) is 56.1 Å². The Kier molecular flexibility index (Phi) is 5.97. The molecule has 2 aliphatic rings. The van der Waals surface area contributed by atoms with Crippen molar-refractivity contribution < 1.29 is 22.7 Å². The first-order valence-corrected chi connectivity index (χ1v) is 14.1. The topological polar surface area (TPSA) is 138 Å². The molecule has 1 aromatic carbocycles. The fourth-order valence-corrected chi connectivity index (χ4v) is 7.06. The molecule has 12 nitrogen and oxygen atoms in total. The van der Waals surface area contributed by atoms with Gasteiger partial charge in [0.15, 0.2) is 5.65 Å². The van der Waals surface area contributed by atoms with Crippen molar-refractivity contribution in [2.24, 2.45) is 7.05 Å². The van der Waals surface area contributed by atoms with E-state index in [1.54, 1.807) is 30.1 Å². The van der Waals surface area contributed by atoms with Crippen LogP contribution < -0.4 is 10.2 Å². The van der Waals surface area contributed by atoms with Crippen molar-refractivity contribution in [1.29, 1.82) is 0 Å². The fourth-order valence-electron chi connectivity index (χ4n) is 5.81. The Balaban J connectivity index is 1.50. The lowest BCUT2D eigenvalue weighted by Gasteiger charge is -2.41. The normalized spacial score (nSPS) is 23.3. The Morgan fingerprint density at radius 2 is 2.00 bits per heavy atom. The minimum atomic E-state index is -4.01. The van der Waals surface area contributed by atoms with Crippen molar-refractivity contribution >= 4 is 55.8 Å². The predicted molar refractivity (Wildman–Crippen MR) is 144 cm³/mol. The number of rotatable bonds is 5. The van der Waals surface area contributed by atoms with Gasteiger partial charge in [-0.1, -0.05) is 17.7 Å². The average Bonchev–Trinajstić information content (AvgIpc) is 3.55. The van der Waals surface area contributed by atoms with Crippen LogP contribution in [0.1, 0.15) is 19.3 Å². The van der Waals surface area contributed by atoms with E-state index in [9.17, 15) is 13.2 Å². The first-order valence-electron chi connectivity index (χ1n) is 12.3. The van der Waals surface area contributed by atoms with Crippen molar-refractivity contribution in [1.82, 2.24) is 33.3 Å². The summed E-state index contributed by atoms with van der Waals surface area (Å²) in [4.78, 5) is 22.3. The molecule has 2 aliphatic heterocycles. The second-order valence-corrected chi connectivity index (χ2v) is 12.5. The number of nitrogens with zero attached hydrogens (tertiary/aromatic N) is 7. The molecule has 3 aromatic heterocycles. The van der Waals surface area contributed by atoms with E-state index in [1.807, 2.05) is 4.90 Å². The highest BCUT2D eigenvalue weighted by Crippen LogP contribution is 2.42. The maximum atomic E-state index is 15.4. The van der Waals surface area contributed by atoms with Crippen LogP contribution in [0.5, 0.6) is 0 Å². The minimum Gasteiger partial charge on any atom is -0.465 e. The van der Waals surface area contributed by atoms with E-state index in [1.165, 1.54) is 26.5 Å². The molecule has 2 saturated heterocycles. The second-order valence-electron chi connectivity index (χ2n) is 10.1. The van der Waals surface area contributed by atoms with Crippen molar-refractivity contribution in [3.8, 4) is 11.1 Å². The number of halogens is 2. The van der Waals surface area contributed by atoms with E-state index < -0.39 is 34.6 Å². The van der Waals surface area contributed by atoms with E-state index in [-0.39, 0.29) is 18.1 Å². The molecule has 0 spiro atoms. The van der Waals surface area contributed by atoms with Gasteiger partial charge in [0.05, 0.1) is 28.8 Å². The summed E-state index contributed by atoms with van der Waals surface area (Å²) in [5.74, 6) is 0.333. The zero-order valence-corrected chi connectivity index (χ0v) is 22.9. The molecular weight excluding hydrogens is 551 g/mol. The molecule has 0 saturated carbocycles.